The lowest BCUT2D eigenvalue weighted by Crippen LogP contribution is -2.47. The molecular weight excluding hydrogens is 220 g/mol. The molecule has 0 radical (unpaired) electrons. The van der Waals surface area contributed by atoms with Gasteiger partial charge in [0.1, 0.15) is 6.04 Å². The Morgan fingerprint density at radius 1 is 1.18 bits per heavy atom. The molecule has 0 spiro atoms. The molecule has 0 aromatic heterocycles. The van der Waals surface area contributed by atoms with Crippen LogP contribution in [0, 0.1) is 11.8 Å². The monoisotopic (exact) mass is 242 g/mol. The molecule has 17 heavy (non-hydrogen) atoms. The van der Waals surface area contributed by atoms with Gasteiger partial charge in [-0.15, -0.1) is 0 Å². The summed E-state index contributed by atoms with van der Waals surface area (Å²) in [6.07, 6.45) is 1.60. The molecule has 1 unspecified atom stereocenters. The minimum absolute atomic E-state index is 0.159. The maximum Gasteiger partial charge on any atom is 0.326 e. The maximum absolute atomic E-state index is 11.5. The maximum atomic E-state index is 11.5. The second-order valence-corrected chi connectivity index (χ2v) is 4.72. The molecule has 0 fully saturated rings. The zero-order chi connectivity index (χ0) is 13.6. The molecular formula is C12H22N2O3. The predicted molar refractivity (Wildman–Crippen MR) is 66.5 cm³/mol. The average molecular weight is 242 g/mol. The van der Waals surface area contributed by atoms with E-state index in [4.69, 9.17) is 5.11 Å². The van der Waals surface area contributed by atoms with E-state index < -0.39 is 18.0 Å². The Kier molecular flexibility index (Phi) is 6.31. The summed E-state index contributed by atoms with van der Waals surface area (Å²) in [5.74, 6) is -0.844. The number of carboxylic acids is 1. The second kappa shape index (κ2) is 6.93. The van der Waals surface area contributed by atoms with E-state index in [0.717, 1.165) is 5.57 Å². The van der Waals surface area contributed by atoms with Gasteiger partial charge in [0.2, 0.25) is 0 Å². The Bertz CT molecular complexity index is 309. The molecule has 5 heteroatoms. The fourth-order valence-electron chi connectivity index (χ4n) is 1.04. The molecule has 0 aliphatic carbocycles. The molecule has 0 saturated carbocycles. The van der Waals surface area contributed by atoms with Crippen LogP contribution < -0.4 is 10.6 Å². The van der Waals surface area contributed by atoms with Crippen LogP contribution in [0.2, 0.25) is 0 Å². The van der Waals surface area contributed by atoms with Crippen molar-refractivity contribution in [1.29, 1.82) is 0 Å². The number of aliphatic carboxylic acids is 1. The zero-order valence-electron chi connectivity index (χ0n) is 11.1. The van der Waals surface area contributed by atoms with Crippen molar-refractivity contribution in [2.24, 2.45) is 11.8 Å². The van der Waals surface area contributed by atoms with Gasteiger partial charge >= 0.3 is 12.0 Å². The first-order valence-electron chi connectivity index (χ1n) is 5.72. The van der Waals surface area contributed by atoms with Gasteiger partial charge in [0.05, 0.1) is 0 Å². The molecule has 0 aromatic carbocycles. The van der Waals surface area contributed by atoms with E-state index in [1.165, 1.54) is 0 Å². The first-order valence-corrected chi connectivity index (χ1v) is 5.72. The van der Waals surface area contributed by atoms with E-state index in [1.54, 1.807) is 20.0 Å². The van der Waals surface area contributed by atoms with Gasteiger partial charge in [0.15, 0.2) is 0 Å². The molecule has 2 amide bonds. The summed E-state index contributed by atoms with van der Waals surface area (Å²) in [6, 6.07) is -1.37. The standard InChI is InChI=1S/C12H22N2O3/c1-7(2)9(5)6-13-12(17)14-10(8(3)4)11(15)16/h6-8,10H,1-5H3,(H,15,16)(H2,13,14,17)/b9-6+. The summed E-state index contributed by atoms with van der Waals surface area (Å²) in [6.45, 7) is 9.42. The van der Waals surface area contributed by atoms with Crippen LogP contribution in [-0.2, 0) is 4.79 Å². The summed E-state index contributed by atoms with van der Waals surface area (Å²) in [4.78, 5) is 22.3. The fraction of sp³-hybridized carbons (Fsp3) is 0.667. The van der Waals surface area contributed by atoms with Crippen molar-refractivity contribution in [2.45, 2.75) is 40.7 Å². The summed E-state index contributed by atoms with van der Waals surface area (Å²) in [5, 5.41) is 13.8. The van der Waals surface area contributed by atoms with E-state index in [-0.39, 0.29) is 5.92 Å². The van der Waals surface area contributed by atoms with Crippen LogP contribution in [0.25, 0.3) is 0 Å². The van der Waals surface area contributed by atoms with Gasteiger partial charge in [-0.05, 0) is 18.8 Å². The lowest BCUT2D eigenvalue weighted by atomic mass is 10.1. The van der Waals surface area contributed by atoms with Crippen LogP contribution in [0.4, 0.5) is 4.79 Å². The van der Waals surface area contributed by atoms with E-state index in [2.05, 4.69) is 10.6 Å². The van der Waals surface area contributed by atoms with Crippen molar-refractivity contribution in [3.8, 4) is 0 Å². The lowest BCUT2D eigenvalue weighted by molar-refractivity contribution is -0.140. The first kappa shape index (κ1) is 15.5. The van der Waals surface area contributed by atoms with Gasteiger partial charge in [-0.1, -0.05) is 33.3 Å². The highest BCUT2D eigenvalue weighted by atomic mass is 16.4. The highest BCUT2D eigenvalue weighted by molar-refractivity contribution is 5.83. The predicted octanol–water partition coefficient (Wildman–Crippen LogP) is 1.95. The minimum Gasteiger partial charge on any atom is -0.480 e. The SMILES string of the molecule is C/C(=C\NC(=O)NC(C(=O)O)C(C)C)C(C)C. The molecule has 98 valence electrons. The van der Waals surface area contributed by atoms with Crippen LogP contribution in [-0.4, -0.2) is 23.1 Å². The molecule has 0 rings (SSSR count). The number of nitrogens with one attached hydrogen (secondary N) is 2. The summed E-state index contributed by atoms with van der Waals surface area (Å²) >= 11 is 0. The molecule has 3 N–H and O–H groups in total. The molecule has 0 aliphatic rings. The number of hydrogen-bond donors (Lipinski definition) is 3. The molecule has 0 heterocycles. The Balaban J connectivity index is 4.35. The largest absolute Gasteiger partial charge is 0.480 e. The van der Waals surface area contributed by atoms with Crippen molar-refractivity contribution in [2.75, 3.05) is 0 Å². The Labute approximate surface area is 102 Å². The molecule has 0 saturated heterocycles. The highest BCUT2D eigenvalue weighted by Gasteiger charge is 2.22. The fourth-order valence-corrected chi connectivity index (χ4v) is 1.04. The number of urea groups is 1. The molecule has 0 aromatic rings. The number of allylic oxidation sites excluding steroid dienone is 1. The average Bonchev–Trinajstić information content (AvgIpc) is 2.21. The van der Waals surface area contributed by atoms with Gasteiger partial charge in [0, 0.05) is 6.20 Å². The number of carbonyl (C=O) groups is 2. The van der Waals surface area contributed by atoms with Crippen molar-refractivity contribution in [3.05, 3.63) is 11.8 Å². The van der Waals surface area contributed by atoms with Gasteiger partial charge in [-0.3, -0.25) is 0 Å². The molecule has 0 aliphatic heterocycles. The van der Waals surface area contributed by atoms with Crippen LogP contribution in [0.3, 0.4) is 0 Å². The van der Waals surface area contributed by atoms with Crippen LogP contribution in [0.5, 0.6) is 0 Å². The smallest absolute Gasteiger partial charge is 0.326 e. The van der Waals surface area contributed by atoms with Crippen molar-refractivity contribution in [1.82, 2.24) is 10.6 Å². The van der Waals surface area contributed by atoms with E-state index >= 15 is 0 Å². The summed E-state index contributed by atoms with van der Waals surface area (Å²) in [5.41, 5.74) is 1.02. The van der Waals surface area contributed by atoms with E-state index in [9.17, 15) is 9.59 Å². The quantitative estimate of drug-likeness (QED) is 0.689. The third kappa shape index (κ3) is 5.94. The van der Waals surface area contributed by atoms with Crippen molar-refractivity contribution < 1.29 is 14.7 Å². The second-order valence-electron chi connectivity index (χ2n) is 4.72. The Morgan fingerprint density at radius 2 is 1.71 bits per heavy atom. The highest BCUT2D eigenvalue weighted by Crippen LogP contribution is 2.06. The molecule has 5 nitrogen and oxygen atoms in total. The van der Waals surface area contributed by atoms with Crippen molar-refractivity contribution in [3.63, 3.8) is 0 Å². The van der Waals surface area contributed by atoms with E-state index in [1.807, 2.05) is 20.8 Å². The third-order valence-corrected chi connectivity index (χ3v) is 2.56. The molecule has 1 atom stereocenters. The third-order valence-electron chi connectivity index (χ3n) is 2.56. The Hall–Kier alpha value is -1.52. The van der Waals surface area contributed by atoms with Gasteiger partial charge in [0.25, 0.3) is 0 Å². The topological polar surface area (TPSA) is 78.4 Å². The van der Waals surface area contributed by atoms with Crippen molar-refractivity contribution >= 4 is 12.0 Å². The van der Waals surface area contributed by atoms with Crippen LogP contribution in [0.1, 0.15) is 34.6 Å². The number of carboxylic acid groups (broad SMARTS) is 1. The lowest BCUT2D eigenvalue weighted by Gasteiger charge is -2.17. The number of hydrogen-bond acceptors (Lipinski definition) is 2. The minimum atomic E-state index is -1.03. The normalized spacial score (nSPS) is 13.7. The Morgan fingerprint density at radius 3 is 2.06 bits per heavy atom. The van der Waals surface area contributed by atoms with Gasteiger partial charge < -0.3 is 15.7 Å². The van der Waals surface area contributed by atoms with Gasteiger partial charge in [-0.2, -0.15) is 0 Å². The zero-order valence-corrected chi connectivity index (χ0v) is 11.1. The summed E-state index contributed by atoms with van der Waals surface area (Å²) in [7, 11) is 0. The van der Waals surface area contributed by atoms with E-state index in [0.29, 0.717) is 5.92 Å². The molecule has 0 bridgehead atoms. The van der Waals surface area contributed by atoms with Crippen LogP contribution >= 0.6 is 0 Å². The first-order chi connectivity index (χ1) is 7.75. The number of rotatable bonds is 5. The van der Waals surface area contributed by atoms with Gasteiger partial charge in [-0.25, -0.2) is 9.59 Å². The number of amides is 2. The van der Waals surface area contributed by atoms with Crippen LogP contribution in [0.15, 0.2) is 11.8 Å². The summed E-state index contributed by atoms with van der Waals surface area (Å²) < 4.78 is 0. The number of carbonyl (C=O) groups excluding carboxylic acids is 1.